The van der Waals surface area contributed by atoms with Gasteiger partial charge in [0.05, 0.1) is 15.6 Å². The predicted molar refractivity (Wildman–Crippen MR) is 109 cm³/mol. The topological polar surface area (TPSA) is 46.4 Å². The van der Waals surface area contributed by atoms with E-state index in [1.54, 1.807) is 0 Å². The third-order valence-corrected chi connectivity index (χ3v) is 5.52. The monoisotopic (exact) mass is 483 g/mol. The van der Waals surface area contributed by atoms with E-state index >= 15 is 0 Å². The first-order valence-corrected chi connectivity index (χ1v) is 9.74. The fraction of sp³-hybridized carbons (Fsp3) is 0.222. The lowest BCUT2D eigenvalue weighted by Gasteiger charge is -2.20. The maximum Gasteiger partial charge on any atom is 0.231 e. The molecule has 130 valence electrons. The molecule has 2 aromatic heterocycles. The van der Waals surface area contributed by atoms with Crippen LogP contribution in [0.3, 0.4) is 0 Å². The van der Waals surface area contributed by atoms with Crippen molar-refractivity contribution in [2.24, 2.45) is 5.41 Å². The Labute approximate surface area is 167 Å². The van der Waals surface area contributed by atoms with E-state index in [1.165, 1.54) is 0 Å². The molecule has 25 heavy (non-hydrogen) atoms. The number of halogens is 3. The van der Waals surface area contributed by atoms with Crippen molar-refractivity contribution in [3.8, 4) is 11.3 Å². The maximum absolute atomic E-state index is 12.3. The first kappa shape index (κ1) is 18.4. The Hall–Kier alpha value is -1.37. The van der Waals surface area contributed by atoms with Crippen LogP contribution in [-0.4, -0.2) is 21.2 Å². The average Bonchev–Trinajstić information content (AvgIpc) is 2.99. The summed E-state index contributed by atoms with van der Waals surface area (Å²) in [4.78, 5) is 17.0. The van der Waals surface area contributed by atoms with Gasteiger partial charge in [0, 0.05) is 34.0 Å². The molecule has 1 amide bonds. The van der Waals surface area contributed by atoms with Gasteiger partial charge in [-0.1, -0.05) is 12.1 Å². The summed E-state index contributed by atoms with van der Waals surface area (Å²) < 4.78 is 3.81. The maximum atomic E-state index is 12.3. The molecule has 0 aliphatic heterocycles. The zero-order chi connectivity index (χ0) is 18.2. The van der Waals surface area contributed by atoms with E-state index < -0.39 is 5.41 Å². The minimum absolute atomic E-state index is 0.110. The molecule has 0 spiro atoms. The second kappa shape index (κ2) is 7.09. The van der Waals surface area contributed by atoms with Crippen molar-refractivity contribution in [2.45, 2.75) is 13.8 Å². The molecule has 0 unspecified atom stereocenters. The molecular weight excluding hydrogens is 469 g/mol. The molecule has 4 nitrogen and oxygen atoms in total. The smallest absolute Gasteiger partial charge is 0.231 e. The summed E-state index contributed by atoms with van der Waals surface area (Å²) in [6.07, 6.45) is 3.90. The zero-order valence-electron chi connectivity index (χ0n) is 13.7. The lowest BCUT2D eigenvalue weighted by atomic mass is 9.95. The molecule has 0 radical (unpaired) electrons. The van der Waals surface area contributed by atoms with Crippen molar-refractivity contribution in [3.63, 3.8) is 0 Å². The highest BCUT2D eigenvalue weighted by atomic mass is 79.9. The molecule has 2 heterocycles. The van der Waals surface area contributed by atoms with Gasteiger partial charge in [0.15, 0.2) is 5.65 Å². The van der Waals surface area contributed by atoms with Crippen molar-refractivity contribution < 1.29 is 4.79 Å². The molecule has 0 atom stereocenters. The Morgan fingerprint density at radius 3 is 2.76 bits per heavy atom. The third-order valence-electron chi connectivity index (χ3n) is 3.84. The Kier molecular flexibility index (Phi) is 5.23. The standard InChI is InChI=1S/C18H16Br2ClN3O/c1-18(2,10-21)17(25)22-13-5-3-4-11(6-13)15-9-24-8-12(19)7-14(20)16(24)23-15/h3-9H,10H2,1-2H3,(H,22,25). The van der Waals surface area contributed by atoms with Gasteiger partial charge in [-0.25, -0.2) is 4.98 Å². The van der Waals surface area contributed by atoms with E-state index in [0.717, 1.165) is 31.5 Å². The van der Waals surface area contributed by atoms with Crippen LogP contribution in [0.2, 0.25) is 0 Å². The SMILES string of the molecule is CC(C)(CCl)C(=O)Nc1cccc(-c2cn3cc(Br)cc(Br)c3n2)c1. The summed E-state index contributed by atoms with van der Waals surface area (Å²) in [5, 5.41) is 2.92. The van der Waals surface area contributed by atoms with Gasteiger partial charge in [0.1, 0.15) is 0 Å². The molecule has 1 N–H and O–H groups in total. The summed E-state index contributed by atoms with van der Waals surface area (Å²) in [7, 11) is 0. The number of nitrogens with zero attached hydrogens (tertiary/aromatic N) is 2. The van der Waals surface area contributed by atoms with Crippen molar-refractivity contribution >= 4 is 60.7 Å². The van der Waals surface area contributed by atoms with E-state index in [-0.39, 0.29) is 11.8 Å². The number of fused-ring (bicyclic) bond motifs is 1. The highest BCUT2D eigenvalue weighted by Crippen LogP contribution is 2.28. The highest BCUT2D eigenvalue weighted by Gasteiger charge is 2.26. The number of rotatable bonds is 4. The van der Waals surface area contributed by atoms with Crippen molar-refractivity contribution in [1.29, 1.82) is 0 Å². The summed E-state index contributed by atoms with van der Waals surface area (Å²) in [6, 6.07) is 9.58. The van der Waals surface area contributed by atoms with Crippen molar-refractivity contribution in [3.05, 3.63) is 51.7 Å². The first-order valence-electron chi connectivity index (χ1n) is 7.62. The van der Waals surface area contributed by atoms with Gasteiger partial charge in [0.2, 0.25) is 5.91 Å². The number of carbonyl (C=O) groups is 1. The van der Waals surface area contributed by atoms with Crippen LogP contribution >= 0.6 is 43.5 Å². The average molecular weight is 486 g/mol. The van der Waals surface area contributed by atoms with Crippen LogP contribution in [0.25, 0.3) is 16.9 Å². The number of nitrogens with one attached hydrogen (secondary N) is 1. The lowest BCUT2D eigenvalue weighted by Crippen LogP contribution is -2.32. The number of hydrogen-bond donors (Lipinski definition) is 1. The van der Waals surface area contributed by atoms with Crippen LogP contribution in [0.15, 0.2) is 51.7 Å². The van der Waals surface area contributed by atoms with E-state index in [4.69, 9.17) is 11.6 Å². The molecule has 3 rings (SSSR count). The Bertz CT molecular complexity index is 953. The van der Waals surface area contributed by atoms with Crippen LogP contribution in [0.4, 0.5) is 5.69 Å². The second-order valence-corrected chi connectivity index (χ2v) is 8.45. The highest BCUT2D eigenvalue weighted by molar-refractivity contribution is 9.11. The predicted octanol–water partition coefficient (Wildman–Crippen LogP) is 5.73. The van der Waals surface area contributed by atoms with Gasteiger partial charge in [-0.15, -0.1) is 11.6 Å². The number of pyridine rings is 1. The zero-order valence-corrected chi connectivity index (χ0v) is 17.6. The van der Waals surface area contributed by atoms with E-state index in [0.29, 0.717) is 0 Å². The number of hydrogen-bond acceptors (Lipinski definition) is 2. The Balaban J connectivity index is 1.94. The number of anilines is 1. The van der Waals surface area contributed by atoms with Crippen LogP contribution in [0.5, 0.6) is 0 Å². The number of benzene rings is 1. The fourth-order valence-corrected chi connectivity index (χ4v) is 3.70. The number of imidazole rings is 1. The minimum Gasteiger partial charge on any atom is -0.326 e. The van der Waals surface area contributed by atoms with Gasteiger partial charge < -0.3 is 9.72 Å². The van der Waals surface area contributed by atoms with Crippen LogP contribution in [0, 0.1) is 5.41 Å². The van der Waals surface area contributed by atoms with Gasteiger partial charge in [-0.2, -0.15) is 0 Å². The van der Waals surface area contributed by atoms with Crippen LogP contribution in [-0.2, 0) is 4.79 Å². The van der Waals surface area contributed by atoms with Gasteiger partial charge in [-0.05, 0) is 63.9 Å². The minimum atomic E-state index is -0.627. The summed E-state index contributed by atoms with van der Waals surface area (Å²) in [5.41, 5.74) is 2.67. The Morgan fingerprint density at radius 1 is 1.28 bits per heavy atom. The molecular formula is C18H16Br2ClN3O. The molecule has 0 saturated carbocycles. The molecule has 0 aliphatic carbocycles. The van der Waals surface area contributed by atoms with Crippen LogP contribution in [0.1, 0.15) is 13.8 Å². The van der Waals surface area contributed by atoms with Gasteiger partial charge >= 0.3 is 0 Å². The molecule has 0 aliphatic rings. The number of carbonyl (C=O) groups excluding carboxylic acids is 1. The molecule has 0 fully saturated rings. The van der Waals surface area contributed by atoms with Crippen molar-refractivity contribution in [1.82, 2.24) is 9.38 Å². The molecule has 0 bridgehead atoms. The lowest BCUT2D eigenvalue weighted by molar-refractivity contribution is -0.122. The van der Waals surface area contributed by atoms with Crippen molar-refractivity contribution in [2.75, 3.05) is 11.2 Å². The van der Waals surface area contributed by atoms with E-state index in [1.807, 2.05) is 61.0 Å². The summed E-state index contributed by atoms with van der Waals surface area (Å²) >= 11 is 12.9. The summed E-state index contributed by atoms with van der Waals surface area (Å²) in [6.45, 7) is 3.63. The summed E-state index contributed by atoms with van der Waals surface area (Å²) in [5.74, 6) is 0.148. The largest absolute Gasteiger partial charge is 0.326 e. The van der Waals surface area contributed by atoms with E-state index in [9.17, 15) is 4.79 Å². The molecule has 1 aromatic carbocycles. The number of amides is 1. The van der Waals surface area contributed by atoms with Crippen LogP contribution < -0.4 is 5.32 Å². The fourth-order valence-electron chi connectivity index (χ4n) is 2.28. The Morgan fingerprint density at radius 2 is 2.04 bits per heavy atom. The number of aromatic nitrogens is 2. The number of alkyl halides is 1. The molecule has 3 aromatic rings. The van der Waals surface area contributed by atoms with Gasteiger partial charge in [0.25, 0.3) is 0 Å². The first-order chi connectivity index (χ1) is 11.8. The molecule has 7 heteroatoms. The van der Waals surface area contributed by atoms with Gasteiger partial charge in [-0.3, -0.25) is 4.79 Å². The normalized spacial score (nSPS) is 11.7. The second-order valence-electron chi connectivity index (χ2n) is 6.42. The molecule has 0 saturated heterocycles. The third kappa shape index (κ3) is 3.91. The van der Waals surface area contributed by atoms with E-state index in [2.05, 4.69) is 42.2 Å². The quantitative estimate of drug-likeness (QED) is 0.480.